The summed E-state index contributed by atoms with van der Waals surface area (Å²) in [6, 6.07) is 17.0. The van der Waals surface area contributed by atoms with Gasteiger partial charge in [-0.05, 0) is 55.0 Å². The van der Waals surface area contributed by atoms with E-state index in [-0.39, 0.29) is 5.91 Å². The van der Waals surface area contributed by atoms with E-state index in [1.165, 1.54) is 12.4 Å². The molecule has 2 aromatic carbocycles. The van der Waals surface area contributed by atoms with Crippen molar-refractivity contribution in [3.63, 3.8) is 0 Å². The lowest BCUT2D eigenvalue weighted by Crippen LogP contribution is -2.17. The molecule has 7 nitrogen and oxygen atoms in total. The summed E-state index contributed by atoms with van der Waals surface area (Å²) < 4.78 is 11.0. The molecule has 0 fully saturated rings. The van der Waals surface area contributed by atoms with Gasteiger partial charge in [-0.1, -0.05) is 18.2 Å². The normalized spacial score (nSPS) is 10.5. The number of esters is 1. The molecule has 0 saturated carbocycles. The standard InChI is InChI=1S/C22H19N3O4/c1-2-28-20-13-16(14-24-25-21(26)18-9-6-12-23-15-18)10-11-19(20)29-22(27)17-7-4-3-5-8-17/h3-15H,2H2,1H3,(H,25,26)/b24-14-. The second-order valence-electron chi connectivity index (χ2n) is 5.84. The molecular formula is C22H19N3O4. The van der Waals surface area contributed by atoms with Gasteiger partial charge in [-0.25, -0.2) is 10.2 Å². The molecular weight excluding hydrogens is 370 g/mol. The molecule has 0 radical (unpaired) electrons. The van der Waals surface area contributed by atoms with Gasteiger partial charge in [0.05, 0.1) is 23.9 Å². The van der Waals surface area contributed by atoms with Crippen LogP contribution in [0.2, 0.25) is 0 Å². The summed E-state index contributed by atoms with van der Waals surface area (Å²) in [5, 5.41) is 3.94. The highest BCUT2D eigenvalue weighted by atomic mass is 16.6. The van der Waals surface area contributed by atoms with Crippen molar-refractivity contribution in [3.05, 3.63) is 89.7 Å². The molecule has 1 amide bonds. The molecule has 0 aliphatic carbocycles. The molecule has 0 bridgehead atoms. The van der Waals surface area contributed by atoms with Crippen molar-refractivity contribution in [2.24, 2.45) is 5.10 Å². The minimum atomic E-state index is -0.475. The maximum Gasteiger partial charge on any atom is 0.343 e. The van der Waals surface area contributed by atoms with Crippen LogP contribution in [-0.4, -0.2) is 29.7 Å². The number of hydrogen-bond donors (Lipinski definition) is 1. The van der Waals surface area contributed by atoms with Crippen LogP contribution >= 0.6 is 0 Å². The predicted octanol–water partition coefficient (Wildman–Crippen LogP) is 3.46. The van der Waals surface area contributed by atoms with Gasteiger partial charge in [0.1, 0.15) is 0 Å². The van der Waals surface area contributed by atoms with Crippen molar-refractivity contribution < 1.29 is 19.1 Å². The molecule has 1 aromatic heterocycles. The number of carbonyl (C=O) groups excluding carboxylic acids is 2. The first-order valence-electron chi connectivity index (χ1n) is 8.95. The molecule has 146 valence electrons. The van der Waals surface area contributed by atoms with Gasteiger partial charge in [-0.3, -0.25) is 9.78 Å². The number of aromatic nitrogens is 1. The maximum atomic E-state index is 12.3. The lowest BCUT2D eigenvalue weighted by molar-refractivity contribution is 0.0728. The van der Waals surface area contributed by atoms with E-state index < -0.39 is 5.97 Å². The fourth-order valence-corrected chi connectivity index (χ4v) is 2.42. The molecule has 0 atom stereocenters. The zero-order chi connectivity index (χ0) is 20.5. The van der Waals surface area contributed by atoms with Gasteiger partial charge in [0.15, 0.2) is 11.5 Å². The van der Waals surface area contributed by atoms with E-state index in [1.807, 2.05) is 13.0 Å². The number of nitrogens with zero attached hydrogens (tertiary/aromatic N) is 2. The fourth-order valence-electron chi connectivity index (χ4n) is 2.42. The number of rotatable bonds is 7. The highest BCUT2D eigenvalue weighted by molar-refractivity contribution is 5.94. The second kappa shape index (κ2) is 9.80. The molecule has 29 heavy (non-hydrogen) atoms. The van der Waals surface area contributed by atoms with E-state index in [1.54, 1.807) is 60.8 Å². The average molecular weight is 389 g/mol. The van der Waals surface area contributed by atoms with Gasteiger partial charge >= 0.3 is 5.97 Å². The Morgan fingerprint density at radius 1 is 1.03 bits per heavy atom. The molecule has 0 aliphatic rings. The van der Waals surface area contributed by atoms with Crippen molar-refractivity contribution >= 4 is 18.1 Å². The van der Waals surface area contributed by atoms with Gasteiger partial charge < -0.3 is 9.47 Å². The summed E-state index contributed by atoms with van der Waals surface area (Å²) in [5.74, 6) is -0.138. The van der Waals surface area contributed by atoms with Crippen molar-refractivity contribution in [2.45, 2.75) is 6.92 Å². The minimum Gasteiger partial charge on any atom is -0.490 e. The van der Waals surface area contributed by atoms with E-state index in [4.69, 9.17) is 9.47 Å². The summed E-state index contributed by atoms with van der Waals surface area (Å²) >= 11 is 0. The summed E-state index contributed by atoms with van der Waals surface area (Å²) in [6.45, 7) is 2.23. The van der Waals surface area contributed by atoms with E-state index in [2.05, 4.69) is 15.5 Å². The smallest absolute Gasteiger partial charge is 0.343 e. The number of pyridine rings is 1. The summed E-state index contributed by atoms with van der Waals surface area (Å²) in [5.41, 5.74) is 3.95. The van der Waals surface area contributed by atoms with Crippen LogP contribution in [0.4, 0.5) is 0 Å². The molecule has 1 heterocycles. The van der Waals surface area contributed by atoms with Crippen LogP contribution in [0, 0.1) is 0 Å². The number of ether oxygens (including phenoxy) is 2. The first-order valence-corrected chi connectivity index (χ1v) is 8.95. The third kappa shape index (κ3) is 5.49. The molecule has 0 spiro atoms. The van der Waals surface area contributed by atoms with Crippen molar-refractivity contribution in [3.8, 4) is 11.5 Å². The second-order valence-corrected chi connectivity index (χ2v) is 5.84. The Balaban J connectivity index is 1.70. The predicted molar refractivity (Wildman–Crippen MR) is 108 cm³/mol. The fraction of sp³-hybridized carbons (Fsp3) is 0.0909. The SMILES string of the molecule is CCOc1cc(/C=N\NC(=O)c2cccnc2)ccc1OC(=O)c1ccccc1. The highest BCUT2D eigenvalue weighted by Crippen LogP contribution is 2.28. The number of amides is 1. The molecule has 1 N–H and O–H groups in total. The quantitative estimate of drug-likeness (QED) is 0.289. The first-order chi connectivity index (χ1) is 14.2. The van der Waals surface area contributed by atoms with Crippen molar-refractivity contribution in [1.29, 1.82) is 0 Å². The third-order valence-corrected chi connectivity index (χ3v) is 3.78. The van der Waals surface area contributed by atoms with Crippen LogP contribution in [0.1, 0.15) is 33.2 Å². The van der Waals surface area contributed by atoms with Gasteiger partial charge in [0.25, 0.3) is 5.91 Å². The van der Waals surface area contributed by atoms with Crippen LogP contribution in [0.5, 0.6) is 11.5 Å². The Kier molecular flexibility index (Phi) is 6.67. The summed E-state index contributed by atoms with van der Waals surface area (Å²) in [4.78, 5) is 28.1. The third-order valence-electron chi connectivity index (χ3n) is 3.78. The zero-order valence-electron chi connectivity index (χ0n) is 15.7. The molecule has 7 heteroatoms. The van der Waals surface area contributed by atoms with E-state index in [9.17, 15) is 9.59 Å². The van der Waals surface area contributed by atoms with Crippen LogP contribution in [0.3, 0.4) is 0 Å². The maximum absolute atomic E-state index is 12.3. The Morgan fingerprint density at radius 2 is 1.83 bits per heavy atom. The zero-order valence-corrected chi connectivity index (χ0v) is 15.7. The number of hydrogen-bond acceptors (Lipinski definition) is 6. The van der Waals surface area contributed by atoms with Gasteiger partial charge in [-0.15, -0.1) is 0 Å². The highest BCUT2D eigenvalue weighted by Gasteiger charge is 2.13. The van der Waals surface area contributed by atoms with Crippen molar-refractivity contribution in [2.75, 3.05) is 6.61 Å². The Labute approximate surface area is 168 Å². The number of nitrogens with one attached hydrogen (secondary N) is 1. The minimum absolute atomic E-state index is 0.303. The van der Waals surface area contributed by atoms with Crippen LogP contribution in [0.25, 0.3) is 0 Å². The van der Waals surface area contributed by atoms with Crippen LogP contribution < -0.4 is 14.9 Å². The molecule has 3 rings (SSSR count). The van der Waals surface area contributed by atoms with Crippen LogP contribution in [0.15, 0.2) is 78.2 Å². The summed E-state index contributed by atoms with van der Waals surface area (Å²) in [7, 11) is 0. The molecule has 3 aromatic rings. The van der Waals surface area contributed by atoms with Gasteiger partial charge in [0.2, 0.25) is 0 Å². The number of hydrazone groups is 1. The number of benzene rings is 2. The Morgan fingerprint density at radius 3 is 2.55 bits per heavy atom. The summed E-state index contributed by atoms with van der Waals surface area (Å²) in [6.07, 6.45) is 4.51. The number of carbonyl (C=O) groups is 2. The van der Waals surface area contributed by atoms with E-state index in [0.717, 1.165) is 0 Å². The largest absolute Gasteiger partial charge is 0.490 e. The molecule has 0 unspecified atom stereocenters. The topological polar surface area (TPSA) is 89.9 Å². The molecule has 0 saturated heterocycles. The average Bonchev–Trinajstić information content (AvgIpc) is 2.76. The lowest BCUT2D eigenvalue weighted by atomic mass is 10.2. The Bertz CT molecular complexity index is 1010. The lowest BCUT2D eigenvalue weighted by Gasteiger charge is -2.11. The van der Waals surface area contributed by atoms with Gasteiger partial charge in [0, 0.05) is 12.4 Å². The van der Waals surface area contributed by atoms with Gasteiger partial charge in [-0.2, -0.15) is 5.10 Å². The van der Waals surface area contributed by atoms with Crippen LogP contribution in [-0.2, 0) is 0 Å². The Hall–Kier alpha value is -4.00. The van der Waals surface area contributed by atoms with E-state index >= 15 is 0 Å². The first kappa shape index (κ1) is 19.8. The monoisotopic (exact) mass is 389 g/mol. The van der Waals surface area contributed by atoms with E-state index in [0.29, 0.717) is 34.8 Å². The van der Waals surface area contributed by atoms with Crippen molar-refractivity contribution in [1.82, 2.24) is 10.4 Å². The molecule has 0 aliphatic heterocycles.